The van der Waals surface area contributed by atoms with Crippen molar-refractivity contribution in [3.8, 4) is 0 Å². The summed E-state index contributed by atoms with van der Waals surface area (Å²) in [6.45, 7) is 10.7. The van der Waals surface area contributed by atoms with Crippen molar-refractivity contribution in [1.82, 2.24) is 0 Å². The van der Waals surface area contributed by atoms with E-state index < -0.39 is 22.4 Å². The first kappa shape index (κ1) is 15.7. The lowest BCUT2D eigenvalue weighted by molar-refractivity contribution is -0.136. The van der Waals surface area contributed by atoms with E-state index in [4.69, 9.17) is 18.9 Å². The Balaban J connectivity index is 1.39. The summed E-state index contributed by atoms with van der Waals surface area (Å²) in [5.41, 5.74) is -0.124. The second kappa shape index (κ2) is 3.80. The first-order chi connectivity index (χ1) is 12.7. The molecular weight excluding hydrogens is 348 g/mol. The van der Waals surface area contributed by atoms with Crippen LogP contribution in [0, 0.1) is 11.3 Å². The minimum absolute atomic E-state index is 0.00000189. The predicted molar refractivity (Wildman–Crippen MR) is 91.7 cm³/mol. The van der Waals surface area contributed by atoms with E-state index in [9.17, 15) is 9.90 Å². The molecule has 6 heteroatoms. The Morgan fingerprint density at radius 2 is 2.00 bits per heavy atom. The van der Waals surface area contributed by atoms with E-state index in [1.165, 1.54) is 0 Å². The summed E-state index contributed by atoms with van der Waals surface area (Å²) >= 11 is 0. The highest BCUT2D eigenvalue weighted by molar-refractivity contribution is 5.92. The Morgan fingerprint density at radius 1 is 1.22 bits per heavy atom. The van der Waals surface area contributed by atoms with E-state index in [1.54, 1.807) is 13.8 Å². The molecule has 5 fully saturated rings. The zero-order valence-corrected chi connectivity index (χ0v) is 15.8. The first-order valence-electron chi connectivity index (χ1n) is 10.00. The highest BCUT2D eigenvalue weighted by Crippen LogP contribution is 2.84. The number of aliphatic hydroxyl groups is 1. The second-order valence-electron chi connectivity index (χ2n) is 10.2. The third-order valence-corrected chi connectivity index (χ3v) is 9.04. The maximum absolute atomic E-state index is 12.1. The van der Waals surface area contributed by atoms with Gasteiger partial charge in [-0.15, -0.1) is 0 Å². The molecule has 0 bridgehead atoms. The molecule has 6 nitrogen and oxygen atoms in total. The van der Waals surface area contributed by atoms with Crippen molar-refractivity contribution in [3.05, 3.63) is 23.3 Å². The lowest BCUT2D eigenvalue weighted by atomic mass is 9.46. The Kier molecular flexibility index (Phi) is 2.21. The van der Waals surface area contributed by atoms with E-state index in [-0.39, 0.29) is 35.6 Å². The van der Waals surface area contributed by atoms with Gasteiger partial charge in [0, 0.05) is 11.0 Å². The number of esters is 1. The van der Waals surface area contributed by atoms with Crippen LogP contribution < -0.4 is 0 Å². The average molecular weight is 372 g/mol. The summed E-state index contributed by atoms with van der Waals surface area (Å²) in [6, 6.07) is 0. The van der Waals surface area contributed by atoms with Gasteiger partial charge in [-0.1, -0.05) is 13.5 Å². The van der Waals surface area contributed by atoms with E-state index >= 15 is 0 Å². The van der Waals surface area contributed by atoms with Crippen molar-refractivity contribution in [2.24, 2.45) is 11.3 Å². The van der Waals surface area contributed by atoms with Crippen molar-refractivity contribution in [2.45, 2.75) is 80.7 Å². The van der Waals surface area contributed by atoms with Crippen molar-refractivity contribution >= 4 is 5.97 Å². The molecule has 7 rings (SSSR count). The molecule has 7 aliphatic rings. The van der Waals surface area contributed by atoms with Crippen LogP contribution in [0.4, 0.5) is 0 Å². The van der Waals surface area contributed by atoms with Gasteiger partial charge < -0.3 is 24.1 Å². The number of carbonyl (C=O) groups excluding carboxylic acids is 1. The van der Waals surface area contributed by atoms with Crippen LogP contribution in [0.3, 0.4) is 0 Å². The number of hydrogen-bond donors (Lipinski definition) is 1. The topological polar surface area (TPSA) is 84.1 Å². The van der Waals surface area contributed by atoms with Gasteiger partial charge in [0.1, 0.15) is 30.0 Å². The number of cyclic esters (lactones) is 1. The molecule has 27 heavy (non-hydrogen) atoms. The van der Waals surface area contributed by atoms with Crippen molar-refractivity contribution in [1.29, 1.82) is 0 Å². The Labute approximate surface area is 157 Å². The van der Waals surface area contributed by atoms with Gasteiger partial charge in [0.2, 0.25) is 0 Å². The summed E-state index contributed by atoms with van der Waals surface area (Å²) in [5.74, 6) is 0.0745. The fourth-order valence-electron chi connectivity index (χ4n) is 7.69. The number of epoxide rings is 3. The Bertz CT molecular complexity index is 899. The smallest absolute Gasteiger partial charge is 0.334 e. The van der Waals surface area contributed by atoms with E-state index in [2.05, 4.69) is 13.5 Å². The molecule has 4 aliphatic heterocycles. The van der Waals surface area contributed by atoms with Gasteiger partial charge in [-0.25, -0.2) is 4.79 Å². The normalized spacial score (nSPS) is 59.0. The average Bonchev–Trinajstić information content (AvgIpc) is 3.46. The molecule has 0 aromatic rings. The quantitative estimate of drug-likeness (QED) is 0.426. The van der Waals surface area contributed by atoms with Crippen LogP contribution in [0.2, 0.25) is 0 Å². The minimum Gasteiger partial charge on any atom is -0.458 e. The molecule has 1 N–H and O–H groups in total. The van der Waals surface area contributed by atoms with Crippen LogP contribution in [0.25, 0.3) is 0 Å². The standard InChI is InChI=1S/C21H24O6/c1-9-19-13(25-19)7-12-11-8-24-16(22)10(11)5-6-18(12,4)21(19)15(27-21)14-20(9,26-14)17(2,3)23/h12-15,23H,1,5-8H2,2-4H3/t12-,13-,14-,15-,18-,19-,20+,21+/m0/s1. The SMILES string of the molecule is C=C1[C@@]2(C(C)(C)O)O[C@H]2[C@@H]2O[C@@]23[C@@]2(C)CCC4=C(COC4=O)[C@@H]2C[C@@H]2O[C@@]123. The molecule has 4 heterocycles. The van der Waals surface area contributed by atoms with Crippen molar-refractivity contribution < 1.29 is 28.8 Å². The number of rotatable bonds is 1. The molecule has 3 saturated heterocycles. The zero-order valence-electron chi connectivity index (χ0n) is 15.8. The summed E-state index contributed by atoms with van der Waals surface area (Å²) in [6.07, 6.45) is 2.18. The second-order valence-corrected chi connectivity index (χ2v) is 10.2. The maximum atomic E-state index is 12.1. The summed E-state index contributed by atoms with van der Waals surface area (Å²) in [5, 5.41) is 10.9. The summed E-state index contributed by atoms with van der Waals surface area (Å²) in [4.78, 5) is 12.1. The monoisotopic (exact) mass is 372 g/mol. The molecule has 0 amide bonds. The van der Waals surface area contributed by atoms with Gasteiger partial charge in [0.25, 0.3) is 0 Å². The molecule has 0 aromatic heterocycles. The van der Waals surface area contributed by atoms with Gasteiger partial charge >= 0.3 is 5.97 Å². The van der Waals surface area contributed by atoms with Crippen LogP contribution in [0.15, 0.2) is 23.3 Å². The molecule has 3 aliphatic carbocycles. The summed E-state index contributed by atoms with van der Waals surface area (Å²) in [7, 11) is 0. The number of carbonyl (C=O) groups is 1. The molecule has 0 radical (unpaired) electrons. The van der Waals surface area contributed by atoms with Crippen molar-refractivity contribution in [2.75, 3.05) is 6.61 Å². The van der Waals surface area contributed by atoms with Crippen LogP contribution in [-0.4, -0.2) is 58.4 Å². The third-order valence-electron chi connectivity index (χ3n) is 9.04. The molecule has 144 valence electrons. The molecule has 2 saturated carbocycles. The fraction of sp³-hybridized carbons (Fsp3) is 0.762. The van der Waals surface area contributed by atoms with Crippen LogP contribution in [0.5, 0.6) is 0 Å². The van der Waals surface area contributed by atoms with E-state index in [0.717, 1.165) is 36.0 Å². The zero-order chi connectivity index (χ0) is 18.8. The maximum Gasteiger partial charge on any atom is 0.334 e. The predicted octanol–water partition coefficient (Wildman–Crippen LogP) is 1.41. The molecule has 2 spiro atoms. The molecular formula is C21H24O6. The lowest BCUT2D eigenvalue weighted by Crippen LogP contribution is -2.65. The molecule has 8 atom stereocenters. The highest BCUT2D eigenvalue weighted by atomic mass is 16.7. The number of ether oxygens (including phenoxy) is 4. The number of fused-ring (bicyclic) bond motifs is 4. The highest BCUT2D eigenvalue weighted by Gasteiger charge is 2.99. The molecule has 0 aromatic carbocycles. The fourth-order valence-corrected chi connectivity index (χ4v) is 7.69. The van der Waals surface area contributed by atoms with Gasteiger partial charge in [-0.05, 0) is 50.2 Å². The molecule has 0 unspecified atom stereocenters. The lowest BCUT2D eigenvalue weighted by Gasteiger charge is -2.53. The van der Waals surface area contributed by atoms with Crippen LogP contribution >= 0.6 is 0 Å². The van der Waals surface area contributed by atoms with Gasteiger partial charge in [-0.3, -0.25) is 0 Å². The van der Waals surface area contributed by atoms with E-state index in [1.807, 2.05) is 0 Å². The number of hydrogen-bond acceptors (Lipinski definition) is 6. The largest absolute Gasteiger partial charge is 0.458 e. The van der Waals surface area contributed by atoms with E-state index in [0.29, 0.717) is 6.61 Å². The Morgan fingerprint density at radius 3 is 2.74 bits per heavy atom. The third kappa shape index (κ3) is 1.24. The van der Waals surface area contributed by atoms with Crippen molar-refractivity contribution in [3.63, 3.8) is 0 Å². The Hall–Kier alpha value is -1.21. The van der Waals surface area contributed by atoms with Gasteiger partial charge in [-0.2, -0.15) is 0 Å². The first-order valence-corrected chi connectivity index (χ1v) is 10.00. The summed E-state index contributed by atoms with van der Waals surface area (Å²) < 4.78 is 24.5. The van der Waals surface area contributed by atoms with Gasteiger partial charge in [0.15, 0.2) is 5.60 Å². The minimum atomic E-state index is -1.04. The van der Waals surface area contributed by atoms with Crippen LogP contribution in [0.1, 0.15) is 40.0 Å². The van der Waals surface area contributed by atoms with Crippen LogP contribution in [-0.2, 0) is 23.7 Å². The van der Waals surface area contributed by atoms with Gasteiger partial charge in [0.05, 0.1) is 11.7 Å².